The van der Waals surface area contributed by atoms with E-state index >= 15 is 0 Å². The number of benzene rings is 2. The minimum absolute atomic E-state index is 0.168. The maximum absolute atomic E-state index is 12.5. The highest BCUT2D eigenvalue weighted by Gasteiger charge is 2.13. The largest absolute Gasteiger partial charge is 0.460 e. The van der Waals surface area contributed by atoms with E-state index < -0.39 is 5.97 Å². The van der Waals surface area contributed by atoms with Gasteiger partial charge in [-0.25, -0.2) is 4.98 Å². The van der Waals surface area contributed by atoms with E-state index in [0.717, 1.165) is 21.2 Å². The molecule has 0 bridgehead atoms. The van der Waals surface area contributed by atoms with E-state index in [0.29, 0.717) is 11.3 Å². The zero-order valence-electron chi connectivity index (χ0n) is 15.4. The van der Waals surface area contributed by atoms with E-state index in [-0.39, 0.29) is 19.1 Å². The van der Waals surface area contributed by atoms with Crippen LogP contribution in [0.4, 0.5) is 0 Å². The van der Waals surface area contributed by atoms with E-state index in [4.69, 9.17) is 4.74 Å². The third-order valence-electron chi connectivity index (χ3n) is 3.85. The summed E-state index contributed by atoms with van der Waals surface area (Å²) in [5.41, 5.74) is 3.35. The van der Waals surface area contributed by atoms with Gasteiger partial charge in [0.25, 0.3) is 5.91 Å². The second-order valence-corrected chi connectivity index (χ2v) is 8.11. The summed E-state index contributed by atoms with van der Waals surface area (Å²) in [7, 11) is 0. The van der Waals surface area contributed by atoms with Crippen molar-refractivity contribution in [1.29, 1.82) is 0 Å². The van der Waals surface area contributed by atoms with Gasteiger partial charge < -0.3 is 10.1 Å². The number of carbonyl (C=O) groups excluding carboxylic acids is 2. The molecule has 0 spiro atoms. The van der Waals surface area contributed by atoms with E-state index in [1.807, 2.05) is 60.8 Å². The number of aromatic nitrogens is 1. The second-order valence-electron chi connectivity index (χ2n) is 6.03. The predicted molar refractivity (Wildman–Crippen MR) is 111 cm³/mol. The Bertz CT molecular complexity index is 942. The average molecular weight is 413 g/mol. The van der Waals surface area contributed by atoms with Crippen molar-refractivity contribution in [3.05, 3.63) is 82.4 Å². The first-order chi connectivity index (χ1) is 13.6. The molecule has 1 N–H and O–H groups in total. The molecule has 0 radical (unpaired) electrons. The first-order valence-electron chi connectivity index (χ1n) is 8.72. The number of esters is 1. The molecule has 7 heteroatoms. The summed E-state index contributed by atoms with van der Waals surface area (Å²) in [6.45, 7) is 1.98. The van der Waals surface area contributed by atoms with Crippen molar-refractivity contribution in [2.75, 3.05) is 6.54 Å². The number of thioether (sulfide) groups is 1. The Balaban J connectivity index is 1.51. The number of amides is 1. The molecule has 3 rings (SSSR count). The van der Waals surface area contributed by atoms with Crippen LogP contribution in [0.25, 0.3) is 0 Å². The number of nitrogens with one attached hydrogen (secondary N) is 1. The van der Waals surface area contributed by atoms with Gasteiger partial charge in [0.1, 0.15) is 17.5 Å². The van der Waals surface area contributed by atoms with Gasteiger partial charge in [0.15, 0.2) is 0 Å². The Morgan fingerprint density at radius 3 is 2.61 bits per heavy atom. The first-order valence-corrected chi connectivity index (χ1v) is 10.6. The molecule has 28 heavy (non-hydrogen) atoms. The van der Waals surface area contributed by atoms with Crippen molar-refractivity contribution in [3.63, 3.8) is 0 Å². The Labute approximate surface area is 172 Å². The lowest BCUT2D eigenvalue weighted by molar-refractivity contribution is -0.143. The van der Waals surface area contributed by atoms with Gasteiger partial charge >= 0.3 is 5.97 Å². The molecule has 0 aliphatic carbocycles. The normalized spacial score (nSPS) is 10.5. The van der Waals surface area contributed by atoms with Gasteiger partial charge in [-0.1, -0.05) is 60.3 Å². The molecule has 0 saturated carbocycles. The summed E-state index contributed by atoms with van der Waals surface area (Å²) in [5, 5.41) is 4.64. The number of aryl methyl sites for hydroxylation is 1. The molecule has 1 amide bonds. The number of hydrogen-bond acceptors (Lipinski definition) is 6. The summed E-state index contributed by atoms with van der Waals surface area (Å²) in [5.74, 6) is -0.125. The molecular weight excluding hydrogens is 392 g/mol. The molecular formula is C21H20N2O3S2. The molecule has 0 unspecified atom stereocenters. The van der Waals surface area contributed by atoms with Crippen molar-refractivity contribution >= 4 is 35.0 Å². The molecule has 0 fully saturated rings. The Morgan fingerprint density at radius 1 is 1.11 bits per heavy atom. The van der Waals surface area contributed by atoms with Crippen LogP contribution in [0.15, 0.2) is 64.3 Å². The fraction of sp³-hybridized carbons (Fsp3) is 0.190. The molecule has 0 atom stereocenters. The highest BCUT2D eigenvalue weighted by atomic mass is 32.2. The van der Waals surface area contributed by atoms with Crippen LogP contribution in [-0.4, -0.2) is 23.4 Å². The van der Waals surface area contributed by atoms with Crippen molar-refractivity contribution in [1.82, 2.24) is 10.3 Å². The van der Waals surface area contributed by atoms with Crippen LogP contribution in [0, 0.1) is 6.92 Å². The molecule has 1 aromatic heterocycles. The van der Waals surface area contributed by atoms with Crippen LogP contribution < -0.4 is 5.32 Å². The molecule has 0 saturated heterocycles. The van der Waals surface area contributed by atoms with Gasteiger partial charge in [-0.3, -0.25) is 9.59 Å². The van der Waals surface area contributed by atoms with E-state index in [9.17, 15) is 9.59 Å². The third-order valence-corrected chi connectivity index (χ3v) is 6.03. The molecule has 3 aromatic rings. The SMILES string of the molecule is Cc1csc(SCc2ccccc2C(=O)NCC(=O)OCc2ccccc2)n1. The smallest absolute Gasteiger partial charge is 0.325 e. The number of hydrogen-bond donors (Lipinski definition) is 1. The highest BCUT2D eigenvalue weighted by molar-refractivity contribution is 8.00. The van der Waals surface area contributed by atoms with E-state index in [1.54, 1.807) is 29.2 Å². The number of nitrogens with zero attached hydrogens (tertiary/aromatic N) is 1. The van der Waals surface area contributed by atoms with Gasteiger partial charge in [-0.15, -0.1) is 11.3 Å². The lowest BCUT2D eigenvalue weighted by Gasteiger charge is -2.10. The minimum Gasteiger partial charge on any atom is -0.460 e. The number of ether oxygens (including phenoxy) is 1. The summed E-state index contributed by atoms with van der Waals surface area (Å²) in [4.78, 5) is 28.8. The maximum Gasteiger partial charge on any atom is 0.325 e. The topological polar surface area (TPSA) is 68.3 Å². The molecule has 144 valence electrons. The number of carbonyl (C=O) groups is 2. The van der Waals surface area contributed by atoms with Crippen LogP contribution >= 0.6 is 23.1 Å². The highest BCUT2D eigenvalue weighted by Crippen LogP contribution is 2.27. The zero-order chi connectivity index (χ0) is 19.8. The van der Waals surface area contributed by atoms with Crippen LogP contribution in [-0.2, 0) is 21.9 Å². The summed E-state index contributed by atoms with van der Waals surface area (Å²) < 4.78 is 6.16. The van der Waals surface area contributed by atoms with Crippen molar-refractivity contribution in [2.45, 2.75) is 23.6 Å². The fourth-order valence-electron chi connectivity index (χ4n) is 2.44. The van der Waals surface area contributed by atoms with Gasteiger partial charge in [0.2, 0.25) is 0 Å². The standard InChI is InChI=1S/C21H20N2O3S2/c1-15-13-27-21(23-15)28-14-17-9-5-6-10-18(17)20(25)22-11-19(24)26-12-16-7-3-2-4-8-16/h2-10,13H,11-12,14H2,1H3,(H,22,25). The number of thiazole rings is 1. The molecule has 0 aliphatic heterocycles. The molecule has 2 aromatic carbocycles. The van der Waals surface area contributed by atoms with Crippen molar-refractivity contribution in [2.24, 2.45) is 0 Å². The lowest BCUT2D eigenvalue weighted by atomic mass is 10.1. The van der Waals surface area contributed by atoms with Crippen molar-refractivity contribution in [3.8, 4) is 0 Å². The molecule has 5 nitrogen and oxygen atoms in total. The van der Waals surface area contributed by atoms with Crippen LogP contribution in [0.5, 0.6) is 0 Å². The van der Waals surface area contributed by atoms with Gasteiger partial charge in [0.05, 0.1) is 0 Å². The first kappa shape index (κ1) is 20.1. The Morgan fingerprint density at radius 2 is 1.86 bits per heavy atom. The Kier molecular flexibility index (Phi) is 7.22. The van der Waals surface area contributed by atoms with E-state index in [2.05, 4.69) is 10.3 Å². The van der Waals surface area contributed by atoms with E-state index in [1.165, 1.54) is 0 Å². The fourth-order valence-corrected chi connectivity index (χ4v) is 4.30. The predicted octanol–water partition coefficient (Wildman–Crippen LogP) is 4.22. The maximum atomic E-state index is 12.5. The average Bonchev–Trinajstić information content (AvgIpc) is 3.15. The van der Waals surface area contributed by atoms with Crippen LogP contribution in [0.1, 0.15) is 27.2 Å². The molecule has 0 aliphatic rings. The van der Waals surface area contributed by atoms with Crippen molar-refractivity contribution < 1.29 is 14.3 Å². The van der Waals surface area contributed by atoms with Gasteiger partial charge in [-0.2, -0.15) is 0 Å². The summed E-state index contributed by atoms with van der Waals surface area (Å²) in [6, 6.07) is 16.8. The second kappa shape index (κ2) is 10.1. The van der Waals surface area contributed by atoms with Crippen LogP contribution in [0.3, 0.4) is 0 Å². The third kappa shape index (κ3) is 5.94. The number of rotatable bonds is 8. The minimum atomic E-state index is -0.470. The monoisotopic (exact) mass is 412 g/mol. The lowest BCUT2D eigenvalue weighted by Crippen LogP contribution is -2.31. The summed E-state index contributed by atoms with van der Waals surface area (Å²) >= 11 is 3.18. The summed E-state index contributed by atoms with van der Waals surface area (Å²) in [6.07, 6.45) is 0. The zero-order valence-corrected chi connectivity index (χ0v) is 17.0. The molecule has 1 heterocycles. The van der Waals surface area contributed by atoms with Crippen LogP contribution in [0.2, 0.25) is 0 Å². The van der Waals surface area contributed by atoms with Gasteiger partial charge in [0, 0.05) is 22.4 Å². The van der Waals surface area contributed by atoms with Gasteiger partial charge in [-0.05, 0) is 24.1 Å². The quantitative estimate of drug-likeness (QED) is 0.443. The Hall–Kier alpha value is -2.64.